The van der Waals surface area contributed by atoms with Gasteiger partial charge in [-0.1, -0.05) is 6.07 Å². The maximum Gasteiger partial charge on any atom is 0.221 e. The van der Waals surface area contributed by atoms with Crippen molar-refractivity contribution >= 4 is 23.5 Å². The number of aromatic hydroxyl groups is 1. The zero-order valence-corrected chi connectivity index (χ0v) is 15.0. The molecule has 26 heavy (non-hydrogen) atoms. The Labute approximate surface area is 154 Å². The summed E-state index contributed by atoms with van der Waals surface area (Å²) in [7, 11) is 0. The van der Waals surface area contributed by atoms with Gasteiger partial charge in [0.2, 0.25) is 5.95 Å². The normalized spacial score (nSPS) is 10.7. The number of halogens is 1. The molecule has 3 N–H and O–H groups in total. The molecular formula is C19H16FN3O2S. The SMILES string of the molecule is CSc1cc(-c2cc(C(=O)c3ccc(C)cc3F)ccc2O)nc(N)n1. The largest absolute Gasteiger partial charge is 0.507 e. The molecule has 0 bridgehead atoms. The maximum atomic E-state index is 14.1. The summed E-state index contributed by atoms with van der Waals surface area (Å²) in [5.41, 5.74) is 7.36. The van der Waals surface area contributed by atoms with Crippen LogP contribution in [0.4, 0.5) is 10.3 Å². The Morgan fingerprint density at radius 2 is 1.92 bits per heavy atom. The minimum absolute atomic E-state index is 0.0285. The molecule has 0 saturated heterocycles. The van der Waals surface area contributed by atoms with Crippen LogP contribution in [-0.2, 0) is 0 Å². The van der Waals surface area contributed by atoms with E-state index in [2.05, 4.69) is 9.97 Å². The first-order valence-corrected chi connectivity index (χ1v) is 8.94. The number of aromatic nitrogens is 2. The van der Waals surface area contributed by atoms with Crippen LogP contribution in [0.2, 0.25) is 0 Å². The van der Waals surface area contributed by atoms with E-state index in [1.807, 2.05) is 6.26 Å². The van der Waals surface area contributed by atoms with Crippen molar-refractivity contribution in [3.8, 4) is 17.0 Å². The number of nitrogens with zero attached hydrogens (tertiary/aromatic N) is 2. The van der Waals surface area contributed by atoms with Crippen LogP contribution in [0.1, 0.15) is 21.5 Å². The molecular weight excluding hydrogens is 353 g/mol. The fraction of sp³-hybridized carbons (Fsp3) is 0.105. The third kappa shape index (κ3) is 3.52. The van der Waals surface area contributed by atoms with Gasteiger partial charge in [-0.05, 0) is 55.1 Å². The second-order valence-corrected chi connectivity index (χ2v) is 6.52. The summed E-state index contributed by atoms with van der Waals surface area (Å²) in [5, 5.41) is 10.8. The molecule has 0 aliphatic heterocycles. The van der Waals surface area contributed by atoms with Crippen molar-refractivity contribution in [1.82, 2.24) is 9.97 Å². The highest BCUT2D eigenvalue weighted by atomic mass is 32.2. The standard InChI is InChI=1S/C19H16FN3O2S/c1-10-3-5-12(14(20)7-10)18(25)11-4-6-16(24)13(8-11)15-9-17(26-2)23-19(21)22-15/h3-9,24H,1-2H3,(H2,21,22,23). The Kier molecular flexibility index (Phi) is 4.90. The number of carbonyl (C=O) groups excluding carboxylic acids is 1. The highest BCUT2D eigenvalue weighted by molar-refractivity contribution is 7.98. The van der Waals surface area contributed by atoms with Gasteiger partial charge in [-0.15, -0.1) is 11.8 Å². The molecule has 132 valence electrons. The lowest BCUT2D eigenvalue weighted by molar-refractivity contribution is 0.103. The van der Waals surface area contributed by atoms with Gasteiger partial charge < -0.3 is 10.8 Å². The highest BCUT2D eigenvalue weighted by Gasteiger charge is 2.17. The number of rotatable bonds is 4. The number of ketones is 1. The molecule has 0 saturated carbocycles. The van der Waals surface area contributed by atoms with E-state index in [4.69, 9.17) is 5.73 Å². The van der Waals surface area contributed by atoms with E-state index in [0.29, 0.717) is 16.3 Å². The van der Waals surface area contributed by atoms with Gasteiger partial charge in [0.25, 0.3) is 0 Å². The Balaban J connectivity index is 2.08. The quantitative estimate of drug-likeness (QED) is 0.413. The molecule has 0 fully saturated rings. The lowest BCUT2D eigenvalue weighted by Crippen LogP contribution is -2.05. The first-order chi connectivity index (χ1) is 12.4. The topological polar surface area (TPSA) is 89.1 Å². The predicted molar refractivity (Wildman–Crippen MR) is 99.9 cm³/mol. The number of nitrogens with two attached hydrogens (primary N) is 1. The molecule has 3 aromatic rings. The van der Waals surface area contributed by atoms with Crippen LogP contribution in [0.15, 0.2) is 47.5 Å². The molecule has 0 unspecified atom stereocenters. The van der Waals surface area contributed by atoms with Crippen molar-refractivity contribution in [3.05, 3.63) is 65.0 Å². The summed E-state index contributed by atoms with van der Waals surface area (Å²) in [6.07, 6.45) is 1.84. The van der Waals surface area contributed by atoms with Crippen molar-refractivity contribution in [3.63, 3.8) is 0 Å². The molecule has 0 radical (unpaired) electrons. The average molecular weight is 369 g/mol. The number of phenolic OH excluding ortho intramolecular Hbond substituents is 1. The molecule has 0 atom stereocenters. The number of nitrogen functional groups attached to an aromatic ring is 1. The number of aryl methyl sites for hydroxylation is 1. The summed E-state index contributed by atoms with van der Waals surface area (Å²) in [6, 6.07) is 10.4. The van der Waals surface area contributed by atoms with Crippen LogP contribution in [0.3, 0.4) is 0 Å². The average Bonchev–Trinajstić information content (AvgIpc) is 2.61. The van der Waals surface area contributed by atoms with Crippen LogP contribution in [0.25, 0.3) is 11.3 Å². The number of anilines is 1. The van der Waals surface area contributed by atoms with E-state index >= 15 is 0 Å². The summed E-state index contributed by atoms with van der Waals surface area (Å²) < 4.78 is 14.1. The summed E-state index contributed by atoms with van der Waals surface area (Å²) in [5.74, 6) is -1.06. The third-order valence-corrected chi connectivity index (χ3v) is 4.46. The molecule has 0 aliphatic carbocycles. The molecule has 2 aromatic carbocycles. The van der Waals surface area contributed by atoms with Crippen LogP contribution in [0, 0.1) is 12.7 Å². The van der Waals surface area contributed by atoms with Crippen LogP contribution < -0.4 is 5.73 Å². The number of benzene rings is 2. The Morgan fingerprint density at radius 3 is 2.62 bits per heavy atom. The minimum atomic E-state index is -0.583. The Bertz CT molecular complexity index is 1010. The van der Waals surface area contributed by atoms with Crippen LogP contribution in [-0.4, -0.2) is 27.1 Å². The zero-order chi connectivity index (χ0) is 18.8. The fourth-order valence-corrected chi connectivity index (χ4v) is 2.94. The van der Waals surface area contributed by atoms with Gasteiger partial charge in [0.05, 0.1) is 11.3 Å². The van der Waals surface area contributed by atoms with Crippen molar-refractivity contribution in [2.45, 2.75) is 11.9 Å². The van der Waals surface area contributed by atoms with Crippen molar-refractivity contribution in [1.29, 1.82) is 0 Å². The Morgan fingerprint density at radius 1 is 1.15 bits per heavy atom. The molecule has 1 heterocycles. The maximum absolute atomic E-state index is 14.1. The molecule has 5 nitrogen and oxygen atoms in total. The molecule has 1 aromatic heterocycles. The van der Waals surface area contributed by atoms with Gasteiger partial charge in [0, 0.05) is 11.1 Å². The van der Waals surface area contributed by atoms with E-state index in [-0.39, 0.29) is 22.8 Å². The summed E-state index contributed by atoms with van der Waals surface area (Å²) in [4.78, 5) is 20.9. The number of hydrogen-bond donors (Lipinski definition) is 2. The van der Waals surface area contributed by atoms with E-state index in [1.54, 1.807) is 19.1 Å². The zero-order valence-electron chi connectivity index (χ0n) is 14.2. The molecule has 3 rings (SSSR count). The second-order valence-electron chi connectivity index (χ2n) is 5.70. The second kappa shape index (κ2) is 7.13. The molecule has 0 aliphatic rings. The van der Waals surface area contributed by atoms with Gasteiger partial charge in [0.1, 0.15) is 16.6 Å². The first kappa shape index (κ1) is 17.9. The van der Waals surface area contributed by atoms with Crippen molar-refractivity contribution < 1.29 is 14.3 Å². The first-order valence-electron chi connectivity index (χ1n) is 7.72. The van der Waals surface area contributed by atoms with Crippen LogP contribution in [0.5, 0.6) is 5.75 Å². The third-order valence-electron chi connectivity index (χ3n) is 3.83. The highest BCUT2D eigenvalue weighted by Crippen LogP contribution is 2.31. The minimum Gasteiger partial charge on any atom is -0.507 e. The molecule has 7 heteroatoms. The lowest BCUT2D eigenvalue weighted by Gasteiger charge is -2.09. The Hall–Kier alpha value is -2.93. The number of phenols is 1. The van der Waals surface area contributed by atoms with E-state index in [1.165, 1.54) is 42.1 Å². The van der Waals surface area contributed by atoms with Gasteiger partial charge >= 0.3 is 0 Å². The molecule has 0 spiro atoms. The van der Waals surface area contributed by atoms with Gasteiger partial charge in [-0.3, -0.25) is 4.79 Å². The number of thioether (sulfide) groups is 1. The van der Waals surface area contributed by atoms with Gasteiger partial charge in [-0.2, -0.15) is 0 Å². The van der Waals surface area contributed by atoms with Gasteiger partial charge in [0.15, 0.2) is 5.78 Å². The van der Waals surface area contributed by atoms with Gasteiger partial charge in [-0.25, -0.2) is 14.4 Å². The van der Waals surface area contributed by atoms with E-state index in [0.717, 1.165) is 5.56 Å². The fourth-order valence-electron chi connectivity index (χ4n) is 2.53. The van der Waals surface area contributed by atoms with Crippen LogP contribution >= 0.6 is 11.8 Å². The van der Waals surface area contributed by atoms with Crippen molar-refractivity contribution in [2.24, 2.45) is 0 Å². The monoisotopic (exact) mass is 369 g/mol. The summed E-state index contributed by atoms with van der Waals surface area (Å²) >= 11 is 1.38. The summed E-state index contributed by atoms with van der Waals surface area (Å²) in [6.45, 7) is 1.75. The number of carbonyl (C=O) groups is 1. The smallest absolute Gasteiger partial charge is 0.221 e. The molecule has 0 amide bonds. The number of hydrogen-bond acceptors (Lipinski definition) is 6. The predicted octanol–water partition coefficient (Wildman–Crippen LogP) is 3.83. The lowest BCUT2D eigenvalue weighted by atomic mass is 9.98. The van der Waals surface area contributed by atoms with E-state index in [9.17, 15) is 14.3 Å². The van der Waals surface area contributed by atoms with Crippen molar-refractivity contribution in [2.75, 3.05) is 12.0 Å². The van der Waals surface area contributed by atoms with E-state index < -0.39 is 11.6 Å².